The molecule has 5 aliphatic heterocycles. The summed E-state index contributed by atoms with van der Waals surface area (Å²) in [4.78, 5) is 84.1. The van der Waals surface area contributed by atoms with Gasteiger partial charge in [-0.2, -0.15) is 0 Å². The van der Waals surface area contributed by atoms with Crippen LogP contribution in [-0.4, -0.2) is 75.8 Å². The fourth-order valence-corrected chi connectivity index (χ4v) is 12.5. The molecule has 4 atom stereocenters. The first-order valence-corrected chi connectivity index (χ1v) is 23.1. The molecule has 5 amide bonds. The van der Waals surface area contributed by atoms with Crippen molar-refractivity contribution in [1.82, 2.24) is 20.4 Å². The molecule has 326 valence electrons. The van der Waals surface area contributed by atoms with Crippen molar-refractivity contribution in [3.8, 4) is 11.8 Å². The summed E-state index contributed by atoms with van der Waals surface area (Å²) >= 11 is 12.8. The summed E-state index contributed by atoms with van der Waals surface area (Å²) in [5.74, 6) is 3.76. The first-order chi connectivity index (χ1) is 30.4. The Balaban J connectivity index is 0.798. The van der Waals surface area contributed by atoms with Gasteiger partial charge in [0.05, 0.1) is 11.1 Å². The van der Waals surface area contributed by atoms with E-state index in [4.69, 9.17) is 23.2 Å². The number of nitrogens with one attached hydrogen (secondary N) is 3. The Morgan fingerprint density at radius 1 is 0.905 bits per heavy atom. The Labute approximate surface area is 375 Å². The van der Waals surface area contributed by atoms with Gasteiger partial charge in [0.2, 0.25) is 23.6 Å². The predicted molar refractivity (Wildman–Crippen MR) is 233 cm³/mol. The lowest BCUT2D eigenvalue weighted by molar-refractivity contribution is -0.142. The van der Waals surface area contributed by atoms with Crippen LogP contribution in [0, 0.1) is 35.4 Å². The zero-order chi connectivity index (χ0) is 43.8. The molecule has 3 aromatic carbocycles. The molecule has 3 N–H and O–H groups in total. The number of nitrogens with zero attached hydrogens (tertiary/aromatic N) is 2. The highest BCUT2D eigenvalue weighted by Gasteiger charge is 2.72. The van der Waals surface area contributed by atoms with Crippen LogP contribution in [0.15, 0.2) is 54.6 Å². The number of carbonyl (C=O) groups is 6. The van der Waals surface area contributed by atoms with Crippen molar-refractivity contribution in [3.05, 3.63) is 98.3 Å². The molecule has 0 aromatic heterocycles. The maximum absolute atomic E-state index is 16.3. The van der Waals surface area contributed by atoms with Gasteiger partial charge in [0.15, 0.2) is 5.78 Å². The third-order valence-electron chi connectivity index (χ3n) is 15.2. The molecule has 2 spiro atoms. The van der Waals surface area contributed by atoms with E-state index in [1.54, 1.807) is 36.4 Å². The Bertz CT molecular complexity index is 2540. The molecule has 0 radical (unpaired) electrons. The largest absolute Gasteiger partial charge is 0.342 e. The van der Waals surface area contributed by atoms with Crippen molar-refractivity contribution < 1.29 is 33.2 Å². The van der Waals surface area contributed by atoms with E-state index >= 15 is 4.39 Å². The van der Waals surface area contributed by atoms with Crippen molar-refractivity contribution in [3.63, 3.8) is 0 Å². The number of piperidine rings is 2. The van der Waals surface area contributed by atoms with Crippen molar-refractivity contribution in [2.24, 2.45) is 17.8 Å². The normalized spacial score (nSPS) is 28.6. The van der Waals surface area contributed by atoms with Gasteiger partial charge >= 0.3 is 0 Å². The number of anilines is 1. The Kier molecular flexibility index (Phi) is 10.7. The fourth-order valence-electron chi connectivity index (χ4n) is 12.2. The van der Waals surface area contributed by atoms with Gasteiger partial charge in [-0.3, -0.25) is 39.4 Å². The number of halogens is 3. The van der Waals surface area contributed by atoms with E-state index in [2.05, 4.69) is 27.8 Å². The second-order valence-electron chi connectivity index (χ2n) is 18.6. The quantitative estimate of drug-likeness (QED) is 0.182. The molecule has 10 rings (SSSR count). The van der Waals surface area contributed by atoms with Crippen LogP contribution in [-0.2, 0) is 35.9 Å². The third-order valence-corrected chi connectivity index (χ3v) is 15.8. The number of ketones is 1. The van der Waals surface area contributed by atoms with Gasteiger partial charge in [-0.25, -0.2) is 4.39 Å². The fraction of sp³-hybridized carbons (Fsp3) is 0.469. The van der Waals surface area contributed by atoms with Gasteiger partial charge < -0.3 is 15.1 Å². The number of carbonyl (C=O) groups excluding carboxylic acids is 6. The number of fused-ring (bicyclic) bond motifs is 4. The van der Waals surface area contributed by atoms with Crippen LogP contribution in [0.25, 0.3) is 0 Å². The zero-order valence-electron chi connectivity index (χ0n) is 34.7. The van der Waals surface area contributed by atoms with Crippen LogP contribution in [0.4, 0.5) is 10.1 Å². The van der Waals surface area contributed by atoms with E-state index in [1.807, 2.05) is 17.0 Å². The number of hydrogen-bond donors (Lipinski definition) is 3. The minimum atomic E-state index is -1.28. The van der Waals surface area contributed by atoms with Gasteiger partial charge in [0.25, 0.3) is 5.91 Å². The molecule has 3 aromatic rings. The molecule has 1 unspecified atom stereocenters. The summed E-state index contributed by atoms with van der Waals surface area (Å²) in [6.45, 7) is 1.41. The van der Waals surface area contributed by atoms with Gasteiger partial charge in [-0.05, 0) is 97.9 Å². The Morgan fingerprint density at radius 3 is 2.43 bits per heavy atom. The molecule has 3 saturated heterocycles. The topological polar surface area (TPSA) is 145 Å². The number of hydrogen-bond acceptors (Lipinski definition) is 7. The number of Topliss-reactive ketones (excluding diaryl/α,β-unsaturated/α-hetero) is 1. The van der Waals surface area contributed by atoms with E-state index < -0.39 is 40.7 Å². The standard InChI is InChI=1S/C49H48Cl2FN5O6/c50-31-12-13-35-37(25-31)53-47(63)49(35)41(33-8-5-9-36(51)42(33)52)43(55-48(49)18-2-1-3-19-48)39(58)24-28-22-30(23-28)45(61)56-20-16-27(17-21-56)10-11-29-6-4-7-32-34(29)26-57(46(32)62)38-14-15-40(59)54-44(38)60/h4-9,12-13,25,27-28,30,38,41,43,55H,1-3,14-24,26H2,(H,53,63)(H,54,59,60)/t28?,30?,38?,41-,43-,49+/m0/s1. The Morgan fingerprint density at radius 2 is 1.67 bits per heavy atom. The molecule has 0 bridgehead atoms. The highest BCUT2D eigenvalue weighted by molar-refractivity contribution is 6.31. The number of rotatable bonds is 6. The highest BCUT2D eigenvalue weighted by Crippen LogP contribution is 2.63. The van der Waals surface area contributed by atoms with Gasteiger partial charge in [-0.15, -0.1) is 0 Å². The van der Waals surface area contributed by atoms with E-state index in [1.165, 1.54) is 11.0 Å². The lowest BCUT2D eigenvalue weighted by Crippen LogP contribution is -2.60. The van der Waals surface area contributed by atoms with Crippen molar-refractivity contribution in [1.29, 1.82) is 0 Å². The summed E-state index contributed by atoms with van der Waals surface area (Å²) in [6, 6.07) is 14.0. The molecule has 7 aliphatic rings. The average molecular weight is 893 g/mol. The second-order valence-corrected chi connectivity index (χ2v) is 19.5. The molecular weight excluding hydrogens is 844 g/mol. The molecular formula is C49H48Cl2FN5O6. The second kappa shape index (κ2) is 16.2. The Hall–Kier alpha value is -5.09. The molecule has 5 heterocycles. The van der Waals surface area contributed by atoms with Gasteiger partial charge in [0.1, 0.15) is 17.3 Å². The zero-order valence-corrected chi connectivity index (χ0v) is 36.3. The molecule has 14 heteroatoms. The first-order valence-electron chi connectivity index (χ1n) is 22.3. The molecule has 2 saturated carbocycles. The van der Waals surface area contributed by atoms with Crippen molar-refractivity contribution >= 4 is 64.2 Å². The van der Waals surface area contributed by atoms with E-state index in [0.29, 0.717) is 79.9 Å². The van der Waals surface area contributed by atoms with Gasteiger partial charge in [-0.1, -0.05) is 78.6 Å². The number of amides is 5. The molecule has 11 nitrogen and oxygen atoms in total. The lowest BCUT2D eigenvalue weighted by Gasteiger charge is -2.47. The van der Waals surface area contributed by atoms with Crippen LogP contribution in [0.3, 0.4) is 0 Å². The molecule has 5 fully saturated rings. The maximum atomic E-state index is 16.3. The minimum absolute atomic E-state index is 0.0192. The average Bonchev–Trinajstić information content (AvgIpc) is 3.86. The summed E-state index contributed by atoms with van der Waals surface area (Å²) in [5, 5.41) is 9.55. The summed E-state index contributed by atoms with van der Waals surface area (Å²) in [5.41, 5.74) is 1.50. The summed E-state index contributed by atoms with van der Waals surface area (Å²) in [6.07, 6.45) is 7.29. The maximum Gasteiger partial charge on any atom is 0.255 e. The third kappa shape index (κ3) is 6.88. The van der Waals surface area contributed by atoms with Crippen LogP contribution in [0.1, 0.15) is 116 Å². The van der Waals surface area contributed by atoms with E-state index in [0.717, 1.165) is 30.4 Å². The first kappa shape index (κ1) is 41.9. The summed E-state index contributed by atoms with van der Waals surface area (Å²) in [7, 11) is 0. The number of likely N-dealkylation sites (tertiary alicyclic amines) is 1. The van der Waals surface area contributed by atoms with Gasteiger partial charge in [0, 0.05) is 77.6 Å². The molecule has 2 aliphatic carbocycles. The number of imide groups is 1. The predicted octanol–water partition coefficient (Wildman–Crippen LogP) is 6.82. The SMILES string of the molecule is O=C1CCC(N2Cc3c(C#CC4CCN(C(=O)C5CC(CC(=O)[C@@H]6NC7(CCCCC7)[C@@]7(C(=O)Nc8cc(Cl)ccc87)[C@H]6c6cccc(Cl)c6F)C5)CC4)cccc3C2=O)C(=O)N1. The van der Waals surface area contributed by atoms with Crippen LogP contribution >= 0.6 is 23.2 Å². The van der Waals surface area contributed by atoms with E-state index in [-0.39, 0.29) is 77.1 Å². The van der Waals surface area contributed by atoms with Crippen LogP contribution in [0.2, 0.25) is 10.0 Å². The molecule has 63 heavy (non-hydrogen) atoms. The lowest BCUT2D eigenvalue weighted by atomic mass is 9.55. The van der Waals surface area contributed by atoms with Crippen molar-refractivity contribution in [2.45, 2.75) is 113 Å². The monoisotopic (exact) mass is 891 g/mol. The van der Waals surface area contributed by atoms with E-state index in [9.17, 15) is 28.8 Å². The summed E-state index contributed by atoms with van der Waals surface area (Å²) < 4.78 is 16.3. The van der Waals surface area contributed by atoms with Crippen LogP contribution < -0.4 is 16.0 Å². The smallest absolute Gasteiger partial charge is 0.255 e. The van der Waals surface area contributed by atoms with Crippen LogP contribution in [0.5, 0.6) is 0 Å². The number of benzene rings is 3. The van der Waals surface area contributed by atoms with Crippen molar-refractivity contribution in [2.75, 3.05) is 18.4 Å². The minimum Gasteiger partial charge on any atom is -0.342 e. The highest BCUT2D eigenvalue weighted by atomic mass is 35.5.